The number of aliphatic hydroxyl groups excluding tert-OH is 1. The van der Waals surface area contributed by atoms with Crippen molar-refractivity contribution in [2.45, 2.75) is 57.6 Å². The van der Waals surface area contributed by atoms with Gasteiger partial charge in [0.25, 0.3) is 0 Å². The highest BCUT2D eigenvalue weighted by Crippen LogP contribution is 2.31. The molecule has 0 aromatic heterocycles. The molecule has 4 nitrogen and oxygen atoms in total. The minimum absolute atomic E-state index is 0.00370. The smallest absolute Gasteiger partial charge is 0.410 e. The Hall–Kier alpha value is -1.55. The molecule has 122 valence electrons. The summed E-state index contributed by atoms with van der Waals surface area (Å²) < 4.78 is 5.54. The number of carbonyl (C=O) groups is 1. The van der Waals surface area contributed by atoms with Crippen LogP contribution in [0.3, 0.4) is 0 Å². The Morgan fingerprint density at radius 3 is 2.59 bits per heavy atom. The van der Waals surface area contributed by atoms with Crippen molar-refractivity contribution in [3.63, 3.8) is 0 Å². The number of benzene rings is 1. The van der Waals surface area contributed by atoms with Crippen LogP contribution in [-0.4, -0.2) is 40.9 Å². The van der Waals surface area contributed by atoms with Crippen molar-refractivity contribution in [2.75, 3.05) is 13.2 Å². The molecular weight excluding hydrogens is 278 g/mol. The molecule has 0 unspecified atom stereocenters. The van der Waals surface area contributed by atoms with Crippen molar-refractivity contribution in [3.05, 3.63) is 35.9 Å². The maximum absolute atomic E-state index is 12.5. The summed E-state index contributed by atoms with van der Waals surface area (Å²) >= 11 is 0. The lowest BCUT2D eigenvalue weighted by Gasteiger charge is -2.40. The maximum atomic E-state index is 12.5. The topological polar surface area (TPSA) is 49.8 Å². The van der Waals surface area contributed by atoms with Crippen molar-refractivity contribution in [3.8, 4) is 0 Å². The monoisotopic (exact) mass is 305 g/mol. The van der Waals surface area contributed by atoms with Crippen LogP contribution in [0.2, 0.25) is 0 Å². The lowest BCUT2D eigenvalue weighted by atomic mass is 9.86. The number of amides is 1. The molecule has 0 aliphatic carbocycles. The highest BCUT2D eigenvalue weighted by atomic mass is 16.6. The van der Waals surface area contributed by atoms with Gasteiger partial charge < -0.3 is 14.7 Å². The largest absolute Gasteiger partial charge is 0.444 e. The van der Waals surface area contributed by atoms with E-state index in [1.165, 1.54) is 0 Å². The number of carbonyl (C=O) groups excluding carboxylic acids is 1. The average Bonchev–Trinajstić information content (AvgIpc) is 2.48. The van der Waals surface area contributed by atoms with Crippen LogP contribution in [0.25, 0.3) is 0 Å². The van der Waals surface area contributed by atoms with Gasteiger partial charge in [0.1, 0.15) is 5.60 Å². The molecule has 1 aliphatic heterocycles. The average molecular weight is 305 g/mol. The number of piperidine rings is 1. The zero-order valence-electron chi connectivity index (χ0n) is 13.8. The number of ether oxygens (including phenoxy) is 1. The summed E-state index contributed by atoms with van der Waals surface area (Å²) in [6.45, 7) is 6.37. The minimum atomic E-state index is -0.499. The number of likely N-dealkylation sites (tertiary alicyclic amines) is 1. The first kappa shape index (κ1) is 16.8. The van der Waals surface area contributed by atoms with Gasteiger partial charge in [0.05, 0.1) is 6.61 Å². The molecule has 0 saturated carbocycles. The number of aliphatic hydroxyl groups is 1. The van der Waals surface area contributed by atoms with Crippen molar-refractivity contribution in [1.82, 2.24) is 4.90 Å². The first-order valence-electron chi connectivity index (χ1n) is 8.08. The third-order valence-corrected chi connectivity index (χ3v) is 4.07. The lowest BCUT2D eigenvalue weighted by molar-refractivity contribution is 0.00347. The Balaban J connectivity index is 2.19. The zero-order valence-corrected chi connectivity index (χ0v) is 13.8. The van der Waals surface area contributed by atoms with E-state index in [2.05, 4.69) is 0 Å². The number of nitrogens with zero attached hydrogens (tertiary/aromatic N) is 1. The van der Waals surface area contributed by atoms with Crippen molar-refractivity contribution < 1.29 is 14.6 Å². The molecular formula is C18H27NO3. The number of hydrogen-bond acceptors (Lipinski definition) is 3. The summed E-state index contributed by atoms with van der Waals surface area (Å²) in [5.74, 6) is -0.0611. The molecule has 4 heteroatoms. The molecule has 0 radical (unpaired) electrons. The van der Waals surface area contributed by atoms with E-state index in [1.807, 2.05) is 56.0 Å². The predicted molar refractivity (Wildman–Crippen MR) is 86.8 cm³/mol. The SMILES string of the molecule is CC(C)(C)OC(=O)N1CCCC[C@@H]1[C@@H](CO)c1ccccc1. The second-order valence-electron chi connectivity index (χ2n) is 6.94. The molecule has 1 amide bonds. The Kier molecular flexibility index (Phi) is 5.46. The van der Waals surface area contributed by atoms with E-state index in [0.29, 0.717) is 6.54 Å². The molecule has 2 atom stereocenters. The van der Waals surface area contributed by atoms with Crippen LogP contribution in [0.4, 0.5) is 4.79 Å². The first-order chi connectivity index (χ1) is 10.4. The maximum Gasteiger partial charge on any atom is 0.410 e. The minimum Gasteiger partial charge on any atom is -0.444 e. The summed E-state index contributed by atoms with van der Waals surface area (Å²) in [7, 11) is 0. The van der Waals surface area contributed by atoms with Crippen LogP contribution in [0.15, 0.2) is 30.3 Å². The third-order valence-electron chi connectivity index (χ3n) is 4.07. The Morgan fingerprint density at radius 1 is 1.32 bits per heavy atom. The van der Waals surface area contributed by atoms with E-state index in [0.717, 1.165) is 24.8 Å². The Morgan fingerprint density at radius 2 is 2.00 bits per heavy atom. The van der Waals surface area contributed by atoms with Gasteiger partial charge in [0, 0.05) is 18.5 Å². The van der Waals surface area contributed by atoms with Crippen molar-refractivity contribution >= 4 is 6.09 Å². The van der Waals surface area contributed by atoms with Gasteiger partial charge in [-0.2, -0.15) is 0 Å². The Bertz CT molecular complexity index is 481. The Labute approximate surface area is 133 Å². The normalized spacial score (nSPS) is 20.5. The van der Waals surface area contributed by atoms with Crippen LogP contribution in [-0.2, 0) is 4.74 Å². The second kappa shape index (κ2) is 7.14. The van der Waals surface area contributed by atoms with Crippen LogP contribution in [0.5, 0.6) is 0 Å². The number of hydrogen-bond donors (Lipinski definition) is 1. The molecule has 1 saturated heterocycles. The molecule has 1 N–H and O–H groups in total. The molecule has 1 fully saturated rings. The van der Waals surface area contributed by atoms with Gasteiger partial charge in [-0.05, 0) is 45.6 Å². The van der Waals surface area contributed by atoms with Gasteiger partial charge in [0.2, 0.25) is 0 Å². The highest BCUT2D eigenvalue weighted by Gasteiger charge is 2.35. The molecule has 22 heavy (non-hydrogen) atoms. The van der Waals surface area contributed by atoms with Crippen LogP contribution < -0.4 is 0 Å². The molecule has 0 bridgehead atoms. The summed E-state index contributed by atoms with van der Waals surface area (Å²) in [5.41, 5.74) is 0.575. The van der Waals surface area contributed by atoms with E-state index in [1.54, 1.807) is 0 Å². The van der Waals surface area contributed by atoms with Gasteiger partial charge in [-0.25, -0.2) is 4.79 Å². The molecule has 1 aliphatic rings. The van der Waals surface area contributed by atoms with E-state index >= 15 is 0 Å². The zero-order chi connectivity index (χ0) is 16.2. The summed E-state index contributed by atoms with van der Waals surface area (Å²) in [6.07, 6.45) is 2.70. The van der Waals surface area contributed by atoms with Gasteiger partial charge in [0.15, 0.2) is 0 Å². The van der Waals surface area contributed by atoms with E-state index in [-0.39, 0.29) is 24.7 Å². The van der Waals surface area contributed by atoms with E-state index in [4.69, 9.17) is 4.74 Å². The van der Waals surface area contributed by atoms with Crippen molar-refractivity contribution in [1.29, 1.82) is 0 Å². The fourth-order valence-corrected chi connectivity index (χ4v) is 3.07. The molecule has 1 aromatic rings. The van der Waals surface area contributed by atoms with E-state index < -0.39 is 5.60 Å². The highest BCUT2D eigenvalue weighted by molar-refractivity contribution is 5.69. The summed E-state index contributed by atoms with van der Waals surface area (Å²) in [5, 5.41) is 9.89. The van der Waals surface area contributed by atoms with E-state index in [9.17, 15) is 9.90 Å². The van der Waals surface area contributed by atoms with Gasteiger partial charge in [-0.3, -0.25) is 0 Å². The molecule has 1 aromatic carbocycles. The lowest BCUT2D eigenvalue weighted by Crippen LogP contribution is -2.49. The third kappa shape index (κ3) is 4.23. The molecule has 1 heterocycles. The number of rotatable bonds is 3. The predicted octanol–water partition coefficient (Wildman–Crippen LogP) is 3.55. The molecule has 0 spiro atoms. The van der Waals surface area contributed by atoms with Gasteiger partial charge >= 0.3 is 6.09 Å². The summed E-state index contributed by atoms with van der Waals surface area (Å²) in [4.78, 5) is 14.3. The van der Waals surface area contributed by atoms with Gasteiger partial charge in [-0.1, -0.05) is 30.3 Å². The fraction of sp³-hybridized carbons (Fsp3) is 0.611. The first-order valence-corrected chi connectivity index (χ1v) is 8.08. The van der Waals surface area contributed by atoms with Gasteiger partial charge in [-0.15, -0.1) is 0 Å². The molecule has 2 rings (SSSR count). The summed E-state index contributed by atoms with van der Waals surface area (Å²) in [6, 6.07) is 9.93. The van der Waals surface area contributed by atoms with Crippen molar-refractivity contribution in [2.24, 2.45) is 0 Å². The van der Waals surface area contributed by atoms with Crippen LogP contribution in [0, 0.1) is 0 Å². The fourth-order valence-electron chi connectivity index (χ4n) is 3.07. The standard InChI is InChI=1S/C18H27NO3/c1-18(2,3)22-17(21)19-12-8-7-11-16(19)15(13-20)14-9-5-4-6-10-14/h4-6,9-10,15-16,20H,7-8,11-13H2,1-3H3/t15-,16+/m0/s1. The van der Waals surface area contributed by atoms with Crippen LogP contribution in [0.1, 0.15) is 51.5 Å². The van der Waals surface area contributed by atoms with Crippen LogP contribution >= 0.6 is 0 Å². The quantitative estimate of drug-likeness (QED) is 0.929. The second-order valence-corrected chi connectivity index (χ2v) is 6.94.